The van der Waals surface area contributed by atoms with Crippen LogP contribution in [-0.2, 0) is 4.79 Å². The Kier molecular flexibility index (Phi) is 2.08. The largest absolute Gasteiger partial charge is 0.479 e. The van der Waals surface area contributed by atoms with Crippen LogP contribution in [0.4, 0.5) is 0 Å². The van der Waals surface area contributed by atoms with Gasteiger partial charge in [0.15, 0.2) is 5.54 Å². The van der Waals surface area contributed by atoms with Gasteiger partial charge in [0.1, 0.15) is 0 Å². The number of carbonyl (C=O) groups is 1. The summed E-state index contributed by atoms with van der Waals surface area (Å²) in [6, 6.07) is 0. The molecule has 1 rings (SSSR count). The molecule has 1 aliphatic heterocycles. The molecule has 0 aromatic rings. The first-order chi connectivity index (χ1) is 5.50. The first-order valence-electron chi connectivity index (χ1n) is 4.06. The second kappa shape index (κ2) is 2.77. The molecule has 0 saturated heterocycles. The normalized spacial score (nSPS) is 28.9. The number of hydrazone groups is 1. The van der Waals surface area contributed by atoms with E-state index in [2.05, 4.69) is 5.10 Å². The van der Waals surface area contributed by atoms with Gasteiger partial charge in [0, 0.05) is 18.7 Å². The molecule has 1 aliphatic rings. The number of likely N-dealkylation sites (N-methyl/N-ethyl adjacent to an activating group) is 1. The van der Waals surface area contributed by atoms with Crippen molar-refractivity contribution >= 4 is 11.7 Å². The lowest BCUT2D eigenvalue weighted by Gasteiger charge is -2.28. The standard InChI is InChI=1S/C8H14N2O2/c1-4-10-8(3,7(11)12)5-6(2)9-10/h4-5H2,1-3H3,(H,11,12). The van der Waals surface area contributed by atoms with Gasteiger partial charge < -0.3 is 5.11 Å². The summed E-state index contributed by atoms with van der Waals surface area (Å²) < 4.78 is 0. The van der Waals surface area contributed by atoms with Crippen molar-refractivity contribution in [2.75, 3.05) is 6.54 Å². The molecule has 0 bridgehead atoms. The minimum absolute atomic E-state index is 0.524. The monoisotopic (exact) mass is 170 g/mol. The van der Waals surface area contributed by atoms with E-state index in [0.29, 0.717) is 13.0 Å². The molecule has 1 heterocycles. The summed E-state index contributed by atoms with van der Waals surface area (Å²) in [4.78, 5) is 10.9. The Morgan fingerprint density at radius 3 is 2.75 bits per heavy atom. The molecule has 4 nitrogen and oxygen atoms in total. The van der Waals surface area contributed by atoms with Gasteiger partial charge in [-0.2, -0.15) is 5.10 Å². The second-order valence-corrected chi connectivity index (χ2v) is 3.31. The Morgan fingerprint density at radius 1 is 1.83 bits per heavy atom. The highest BCUT2D eigenvalue weighted by Gasteiger charge is 2.43. The van der Waals surface area contributed by atoms with Crippen molar-refractivity contribution < 1.29 is 9.90 Å². The fourth-order valence-corrected chi connectivity index (χ4v) is 1.55. The van der Waals surface area contributed by atoms with Crippen molar-refractivity contribution in [2.45, 2.75) is 32.7 Å². The molecule has 0 aromatic carbocycles. The fraction of sp³-hybridized carbons (Fsp3) is 0.750. The smallest absolute Gasteiger partial charge is 0.331 e. The minimum atomic E-state index is -0.821. The predicted molar refractivity (Wildman–Crippen MR) is 46.1 cm³/mol. The van der Waals surface area contributed by atoms with Gasteiger partial charge in [-0.05, 0) is 20.8 Å². The van der Waals surface area contributed by atoms with Gasteiger partial charge in [-0.15, -0.1) is 0 Å². The zero-order chi connectivity index (χ0) is 9.35. The van der Waals surface area contributed by atoms with Crippen LogP contribution in [0.5, 0.6) is 0 Å². The third kappa shape index (κ3) is 1.17. The highest BCUT2D eigenvalue weighted by Crippen LogP contribution is 2.26. The first-order valence-corrected chi connectivity index (χ1v) is 4.06. The lowest BCUT2D eigenvalue weighted by atomic mass is 9.96. The van der Waals surface area contributed by atoms with Crippen LogP contribution in [0, 0.1) is 0 Å². The molecule has 0 aliphatic carbocycles. The molecule has 0 fully saturated rings. The number of carboxylic acids is 1. The van der Waals surface area contributed by atoms with Crippen molar-refractivity contribution in [3.8, 4) is 0 Å². The summed E-state index contributed by atoms with van der Waals surface area (Å²) >= 11 is 0. The Balaban J connectivity index is 2.89. The molecule has 0 aromatic heterocycles. The topological polar surface area (TPSA) is 52.9 Å². The van der Waals surface area contributed by atoms with E-state index in [9.17, 15) is 4.79 Å². The Morgan fingerprint density at radius 2 is 2.42 bits per heavy atom. The van der Waals surface area contributed by atoms with Crippen LogP contribution in [0.3, 0.4) is 0 Å². The van der Waals surface area contributed by atoms with E-state index in [1.807, 2.05) is 13.8 Å². The summed E-state index contributed by atoms with van der Waals surface area (Å²) in [6.45, 7) is 6.11. The van der Waals surface area contributed by atoms with Gasteiger partial charge in [0.2, 0.25) is 0 Å². The summed E-state index contributed by atoms with van der Waals surface area (Å²) in [6.07, 6.45) is 0.524. The van der Waals surface area contributed by atoms with Crippen LogP contribution in [0.25, 0.3) is 0 Å². The number of hydrogen-bond acceptors (Lipinski definition) is 3. The van der Waals surface area contributed by atoms with E-state index >= 15 is 0 Å². The number of aliphatic carboxylic acids is 1. The van der Waals surface area contributed by atoms with E-state index in [1.54, 1.807) is 11.9 Å². The summed E-state index contributed by atoms with van der Waals surface area (Å²) in [5.41, 5.74) is 0.0699. The zero-order valence-corrected chi connectivity index (χ0v) is 7.66. The number of rotatable bonds is 2. The Bertz CT molecular complexity index is 237. The van der Waals surface area contributed by atoms with Crippen molar-refractivity contribution in [1.29, 1.82) is 0 Å². The zero-order valence-electron chi connectivity index (χ0n) is 7.66. The van der Waals surface area contributed by atoms with Gasteiger partial charge >= 0.3 is 5.97 Å². The number of nitrogens with zero attached hydrogens (tertiary/aromatic N) is 2. The minimum Gasteiger partial charge on any atom is -0.479 e. The van der Waals surface area contributed by atoms with Crippen molar-refractivity contribution in [1.82, 2.24) is 5.01 Å². The maximum absolute atomic E-state index is 10.9. The quantitative estimate of drug-likeness (QED) is 0.670. The lowest BCUT2D eigenvalue weighted by Crippen LogP contribution is -2.46. The van der Waals surface area contributed by atoms with Crippen LogP contribution in [0.1, 0.15) is 27.2 Å². The molecule has 4 heteroatoms. The molecule has 1 N–H and O–H groups in total. The molecule has 0 spiro atoms. The maximum atomic E-state index is 10.9. The SMILES string of the molecule is CCN1N=C(C)CC1(C)C(=O)O. The highest BCUT2D eigenvalue weighted by molar-refractivity contribution is 5.92. The highest BCUT2D eigenvalue weighted by atomic mass is 16.4. The van der Waals surface area contributed by atoms with E-state index in [0.717, 1.165) is 5.71 Å². The van der Waals surface area contributed by atoms with Crippen LogP contribution in [0.2, 0.25) is 0 Å². The second-order valence-electron chi connectivity index (χ2n) is 3.31. The maximum Gasteiger partial charge on any atom is 0.331 e. The summed E-state index contributed by atoms with van der Waals surface area (Å²) in [5, 5.41) is 14.8. The molecular weight excluding hydrogens is 156 g/mol. The third-order valence-electron chi connectivity index (χ3n) is 2.22. The Labute approximate surface area is 71.9 Å². The number of carboxylic acid groups (broad SMARTS) is 1. The average molecular weight is 170 g/mol. The van der Waals surface area contributed by atoms with E-state index in [-0.39, 0.29) is 0 Å². The molecule has 0 saturated carbocycles. The van der Waals surface area contributed by atoms with E-state index < -0.39 is 11.5 Å². The molecule has 1 unspecified atom stereocenters. The lowest BCUT2D eigenvalue weighted by molar-refractivity contribution is -0.149. The summed E-state index contributed by atoms with van der Waals surface area (Å²) in [7, 11) is 0. The average Bonchev–Trinajstić information content (AvgIpc) is 2.27. The van der Waals surface area contributed by atoms with Gasteiger partial charge in [0.25, 0.3) is 0 Å². The molecule has 68 valence electrons. The van der Waals surface area contributed by atoms with Crippen molar-refractivity contribution in [3.05, 3.63) is 0 Å². The van der Waals surface area contributed by atoms with E-state index in [4.69, 9.17) is 5.11 Å². The van der Waals surface area contributed by atoms with E-state index in [1.165, 1.54) is 0 Å². The van der Waals surface area contributed by atoms with Gasteiger partial charge in [-0.25, -0.2) is 4.79 Å². The van der Waals surface area contributed by atoms with Crippen LogP contribution >= 0.6 is 0 Å². The van der Waals surface area contributed by atoms with Gasteiger partial charge in [0.05, 0.1) is 0 Å². The fourth-order valence-electron chi connectivity index (χ4n) is 1.55. The first kappa shape index (κ1) is 9.03. The predicted octanol–water partition coefficient (Wildman–Crippen LogP) is 0.931. The third-order valence-corrected chi connectivity index (χ3v) is 2.22. The molecular formula is C8H14N2O2. The molecule has 0 radical (unpaired) electrons. The van der Waals surface area contributed by atoms with Crippen LogP contribution < -0.4 is 0 Å². The van der Waals surface area contributed by atoms with Gasteiger partial charge in [-0.3, -0.25) is 5.01 Å². The van der Waals surface area contributed by atoms with Gasteiger partial charge in [-0.1, -0.05) is 0 Å². The van der Waals surface area contributed by atoms with Crippen molar-refractivity contribution in [3.63, 3.8) is 0 Å². The summed E-state index contributed by atoms with van der Waals surface area (Å²) in [5.74, 6) is -0.801. The van der Waals surface area contributed by atoms with Crippen LogP contribution in [0.15, 0.2) is 5.10 Å². The Hall–Kier alpha value is -1.06. The molecule has 1 atom stereocenters. The number of hydrogen-bond donors (Lipinski definition) is 1. The van der Waals surface area contributed by atoms with Crippen LogP contribution in [-0.4, -0.2) is 33.9 Å². The molecule has 0 amide bonds. The van der Waals surface area contributed by atoms with Crippen molar-refractivity contribution in [2.24, 2.45) is 5.10 Å². The molecule has 12 heavy (non-hydrogen) atoms.